The van der Waals surface area contributed by atoms with Gasteiger partial charge in [-0.25, -0.2) is 4.98 Å². The monoisotopic (exact) mass is 340 g/mol. The number of nitrogens with one attached hydrogen (secondary N) is 1. The van der Waals surface area contributed by atoms with Gasteiger partial charge in [0.15, 0.2) is 5.13 Å². The zero-order valence-corrected chi connectivity index (χ0v) is 14.3. The van der Waals surface area contributed by atoms with Crippen LogP contribution in [0.2, 0.25) is 0 Å². The molecule has 1 N–H and O–H groups in total. The van der Waals surface area contributed by atoms with E-state index in [1.165, 1.54) is 28.7 Å². The highest BCUT2D eigenvalue weighted by atomic mass is 32.2. The Hall–Kier alpha value is -2.11. The molecule has 116 valence electrons. The van der Waals surface area contributed by atoms with E-state index in [9.17, 15) is 4.79 Å². The van der Waals surface area contributed by atoms with Crippen molar-refractivity contribution in [3.05, 3.63) is 65.5 Å². The molecule has 5 heteroatoms. The maximum atomic E-state index is 12.1. The van der Waals surface area contributed by atoms with Crippen LogP contribution < -0.4 is 5.32 Å². The summed E-state index contributed by atoms with van der Waals surface area (Å²) in [5.41, 5.74) is 3.14. The quantitative estimate of drug-likeness (QED) is 0.675. The van der Waals surface area contributed by atoms with Gasteiger partial charge in [0.05, 0.1) is 11.4 Å². The summed E-state index contributed by atoms with van der Waals surface area (Å²) in [6.07, 6.45) is 0. The Morgan fingerprint density at radius 1 is 1.17 bits per heavy atom. The molecule has 1 heterocycles. The van der Waals surface area contributed by atoms with Crippen molar-refractivity contribution in [1.82, 2.24) is 4.98 Å². The minimum Gasteiger partial charge on any atom is -0.301 e. The van der Waals surface area contributed by atoms with Crippen LogP contribution in [0.1, 0.15) is 5.56 Å². The molecule has 0 bridgehead atoms. The predicted octanol–water partition coefficient (Wildman–Crippen LogP) is 4.85. The van der Waals surface area contributed by atoms with Gasteiger partial charge in [-0.15, -0.1) is 23.1 Å². The van der Waals surface area contributed by atoms with Crippen molar-refractivity contribution in [3.63, 3.8) is 0 Å². The average Bonchev–Trinajstić information content (AvgIpc) is 3.02. The first-order valence-corrected chi connectivity index (χ1v) is 9.07. The number of carbonyl (C=O) groups is 1. The van der Waals surface area contributed by atoms with Gasteiger partial charge in [-0.1, -0.05) is 48.0 Å². The van der Waals surface area contributed by atoms with Crippen molar-refractivity contribution in [2.45, 2.75) is 11.8 Å². The fourth-order valence-corrected chi connectivity index (χ4v) is 3.63. The van der Waals surface area contributed by atoms with Crippen LogP contribution in [-0.4, -0.2) is 16.6 Å². The molecule has 0 fully saturated rings. The summed E-state index contributed by atoms with van der Waals surface area (Å²) in [4.78, 5) is 17.6. The molecule has 2 aromatic carbocycles. The Bertz CT molecular complexity index is 800. The van der Waals surface area contributed by atoms with Crippen molar-refractivity contribution < 1.29 is 4.79 Å². The molecular formula is C18H16N2OS2. The molecule has 0 aliphatic rings. The fourth-order valence-electron chi connectivity index (χ4n) is 2.08. The smallest absolute Gasteiger partial charge is 0.236 e. The van der Waals surface area contributed by atoms with E-state index in [-0.39, 0.29) is 5.91 Å². The van der Waals surface area contributed by atoms with Crippen LogP contribution >= 0.6 is 23.1 Å². The zero-order chi connectivity index (χ0) is 16.1. The number of benzene rings is 2. The Labute approximate surface area is 143 Å². The number of hydrogen-bond acceptors (Lipinski definition) is 4. The van der Waals surface area contributed by atoms with Crippen LogP contribution in [0.15, 0.2) is 64.9 Å². The van der Waals surface area contributed by atoms with Crippen LogP contribution in [0, 0.1) is 6.92 Å². The normalized spacial score (nSPS) is 10.5. The first kappa shape index (κ1) is 15.8. The van der Waals surface area contributed by atoms with Crippen molar-refractivity contribution in [2.75, 3.05) is 11.1 Å². The molecule has 0 atom stereocenters. The molecule has 0 aliphatic carbocycles. The SMILES string of the molecule is Cc1cccc(SCC(=O)Nc2nc(-c3ccccc3)cs2)c1. The van der Waals surface area contributed by atoms with Gasteiger partial charge in [0.25, 0.3) is 0 Å². The molecule has 0 unspecified atom stereocenters. The number of thiazole rings is 1. The van der Waals surface area contributed by atoms with E-state index in [2.05, 4.69) is 16.4 Å². The number of hydrogen-bond donors (Lipinski definition) is 1. The maximum absolute atomic E-state index is 12.1. The second kappa shape index (κ2) is 7.44. The van der Waals surface area contributed by atoms with E-state index in [1.54, 1.807) is 0 Å². The number of aryl methyl sites for hydroxylation is 1. The second-order valence-corrected chi connectivity index (χ2v) is 6.96. The van der Waals surface area contributed by atoms with E-state index < -0.39 is 0 Å². The van der Waals surface area contributed by atoms with Crippen LogP contribution in [0.5, 0.6) is 0 Å². The topological polar surface area (TPSA) is 42.0 Å². The van der Waals surface area contributed by atoms with Crippen molar-refractivity contribution >= 4 is 34.1 Å². The highest BCUT2D eigenvalue weighted by Crippen LogP contribution is 2.25. The number of aromatic nitrogens is 1. The molecule has 0 saturated heterocycles. The molecule has 0 saturated carbocycles. The summed E-state index contributed by atoms with van der Waals surface area (Å²) in [5, 5.41) is 5.46. The molecule has 3 aromatic rings. The third-order valence-corrected chi connectivity index (χ3v) is 4.93. The average molecular weight is 340 g/mol. The highest BCUT2D eigenvalue weighted by Gasteiger charge is 2.08. The number of nitrogens with zero attached hydrogens (tertiary/aromatic N) is 1. The number of thioether (sulfide) groups is 1. The maximum Gasteiger partial charge on any atom is 0.236 e. The van der Waals surface area contributed by atoms with Gasteiger partial charge in [0.2, 0.25) is 5.91 Å². The Morgan fingerprint density at radius 2 is 2.00 bits per heavy atom. The standard InChI is InChI=1S/C18H16N2OS2/c1-13-6-5-9-15(10-13)22-12-17(21)20-18-19-16(11-23-18)14-7-3-2-4-8-14/h2-11H,12H2,1H3,(H,19,20,21). The zero-order valence-electron chi connectivity index (χ0n) is 12.7. The van der Waals surface area contributed by atoms with E-state index in [0.29, 0.717) is 10.9 Å². The van der Waals surface area contributed by atoms with Crippen LogP contribution in [0.3, 0.4) is 0 Å². The number of anilines is 1. The molecule has 1 amide bonds. The molecular weight excluding hydrogens is 324 g/mol. The molecule has 0 spiro atoms. The second-order valence-electron chi connectivity index (χ2n) is 5.06. The Balaban J connectivity index is 1.57. The van der Waals surface area contributed by atoms with E-state index in [0.717, 1.165) is 16.2 Å². The molecule has 3 rings (SSSR count). The van der Waals surface area contributed by atoms with Crippen LogP contribution in [0.4, 0.5) is 5.13 Å². The lowest BCUT2D eigenvalue weighted by molar-refractivity contribution is -0.113. The number of amides is 1. The summed E-state index contributed by atoms with van der Waals surface area (Å²) < 4.78 is 0. The highest BCUT2D eigenvalue weighted by molar-refractivity contribution is 8.00. The first-order valence-electron chi connectivity index (χ1n) is 7.21. The predicted molar refractivity (Wildman–Crippen MR) is 98.1 cm³/mol. The van der Waals surface area contributed by atoms with E-state index in [1.807, 2.05) is 60.8 Å². The first-order chi connectivity index (χ1) is 11.2. The molecule has 0 aliphatic heterocycles. The largest absolute Gasteiger partial charge is 0.301 e. The van der Waals surface area contributed by atoms with Crippen molar-refractivity contribution in [2.24, 2.45) is 0 Å². The third-order valence-electron chi connectivity index (χ3n) is 3.18. The van der Waals surface area contributed by atoms with Gasteiger partial charge in [-0.3, -0.25) is 4.79 Å². The third kappa shape index (κ3) is 4.43. The van der Waals surface area contributed by atoms with Gasteiger partial charge in [0, 0.05) is 15.8 Å². The summed E-state index contributed by atoms with van der Waals surface area (Å²) in [5.74, 6) is 0.342. The number of carbonyl (C=O) groups excluding carboxylic acids is 1. The fraction of sp³-hybridized carbons (Fsp3) is 0.111. The summed E-state index contributed by atoms with van der Waals surface area (Å²) in [6.45, 7) is 2.05. The summed E-state index contributed by atoms with van der Waals surface area (Å²) in [6, 6.07) is 18.1. The summed E-state index contributed by atoms with van der Waals surface area (Å²) in [7, 11) is 0. The molecule has 1 aromatic heterocycles. The molecule has 3 nitrogen and oxygen atoms in total. The minimum absolute atomic E-state index is 0.0366. The molecule has 0 radical (unpaired) electrons. The Kier molecular flexibility index (Phi) is 5.10. The lowest BCUT2D eigenvalue weighted by Gasteiger charge is -2.03. The van der Waals surface area contributed by atoms with Crippen molar-refractivity contribution in [3.8, 4) is 11.3 Å². The van der Waals surface area contributed by atoms with Gasteiger partial charge in [0.1, 0.15) is 0 Å². The van der Waals surface area contributed by atoms with Crippen molar-refractivity contribution in [1.29, 1.82) is 0 Å². The minimum atomic E-state index is -0.0366. The van der Waals surface area contributed by atoms with E-state index >= 15 is 0 Å². The van der Waals surface area contributed by atoms with Crippen LogP contribution in [-0.2, 0) is 4.79 Å². The van der Waals surface area contributed by atoms with Gasteiger partial charge < -0.3 is 5.32 Å². The Morgan fingerprint density at radius 3 is 2.78 bits per heavy atom. The van der Waals surface area contributed by atoms with E-state index in [4.69, 9.17) is 0 Å². The lowest BCUT2D eigenvalue weighted by Crippen LogP contribution is -2.13. The van der Waals surface area contributed by atoms with Gasteiger partial charge >= 0.3 is 0 Å². The van der Waals surface area contributed by atoms with Gasteiger partial charge in [-0.2, -0.15) is 0 Å². The summed E-state index contributed by atoms with van der Waals surface area (Å²) >= 11 is 2.97. The van der Waals surface area contributed by atoms with Crippen LogP contribution in [0.25, 0.3) is 11.3 Å². The lowest BCUT2D eigenvalue weighted by atomic mass is 10.2. The molecule has 23 heavy (non-hydrogen) atoms. The van der Waals surface area contributed by atoms with Gasteiger partial charge in [-0.05, 0) is 19.1 Å². The number of rotatable bonds is 5.